The van der Waals surface area contributed by atoms with Crippen LogP contribution in [0.5, 0.6) is 0 Å². The molecule has 33 heavy (non-hydrogen) atoms. The number of nitrogens with one attached hydrogen (secondary N) is 1. The third-order valence-corrected chi connectivity index (χ3v) is 7.61. The van der Waals surface area contributed by atoms with Gasteiger partial charge in [0.2, 0.25) is 15.8 Å². The summed E-state index contributed by atoms with van der Waals surface area (Å²) in [6, 6.07) is 4.65. The molecule has 2 aromatic rings. The SMILES string of the molecule is CCOC(=O)c1[nH]c(C)c(C(=O)COC(=O)[C@@H]2CCCN2S(=O)(=O)c2ccc(Cl)cc2)c1C. The van der Waals surface area contributed by atoms with Crippen molar-refractivity contribution in [1.29, 1.82) is 0 Å². The van der Waals surface area contributed by atoms with E-state index in [-0.39, 0.29) is 35.7 Å². The number of hydrogen-bond donors (Lipinski definition) is 1. The standard InChI is InChI=1S/C22H25ClN2O7S/c1-4-31-22(28)20-13(2)19(14(3)24-20)18(26)12-32-21(27)17-6-5-11-25(17)33(29,30)16-9-7-15(23)8-10-16/h7-10,17,24H,4-6,11-12H2,1-3H3/t17-/m0/s1. The van der Waals surface area contributed by atoms with E-state index in [9.17, 15) is 22.8 Å². The monoisotopic (exact) mass is 496 g/mol. The normalized spacial score (nSPS) is 16.5. The van der Waals surface area contributed by atoms with Gasteiger partial charge in [-0.25, -0.2) is 13.2 Å². The number of halogens is 1. The van der Waals surface area contributed by atoms with Gasteiger partial charge in [-0.15, -0.1) is 0 Å². The first-order valence-corrected chi connectivity index (χ1v) is 12.2. The van der Waals surface area contributed by atoms with Crippen LogP contribution in [-0.2, 0) is 24.3 Å². The highest BCUT2D eigenvalue weighted by Gasteiger charge is 2.40. The lowest BCUT2D eigenvalue weighted by atomic mass is 10.1. The minimum absolute atomic E-state index is 0.0211. The molecule has 0 spiro atoms. The predicted octanol–water partition coefficient (Wildman–Crippen LogP) is 3.04. The van der Waals surface area contributed by atoms with Gasteiger partial charge >= 0.3 is 11.9 Å². The lowest BCUT2D eigenvalue weighted by Crippen LogP contribution is -2.41. The number of ketones is 1. The molecule has 1 aromatic carbocycles. The molecule has 1 N–H and O–H groups in total. The van der Waals surface area contributed by atoms with Crippen molar-refractivity contribution in [3.63, 3.8) is 0 Å². The average Bonchev–Trinajstić information content (AvgIpc) is 3.37. The molecule has 0 radical (unpaired) electrons. The van der Waals surface area contributed by atoms with Crippen LogP contribution in [0.25, 0.3) is 0 Å². The van der Waals surface area contributed by atoms with E-state index in [1.807, 2.05) is 0 Å². The zero-order chi connectivity index (χ0) is 24.3. The number of carbonyl (C=O) groups excluding carboxylic acids is 3. The number of ether oxygens (including phenoxy) is 2. The van der Waals surface area contributed by atoms with Crippen LogP contribution in [0.1, 0.15) is 51.9 Å². The van der Waals surface area contributed by atoms with E-state index in [1.54, 1.807) is 20.8 Å². The van der Waals surface area contributed by atoms with Crippen molar-refractivity contribution in [1.82, 2.24) is 9.29 Å². The summed E-state index contributed by atoms with van der Waals surface area (Å²) in [6.45, 7) is 4.68. The maximum Gasteiger partial charge on any atom is 0.355 e. The summed E-state index contributed by atoms with van der Waals surface area (Å²) in [7, 11) is -3.93. The highest BCUT2D eigenvalue weighted by molar-refractivity contribution is 7.89. The lowest BCUT2D eigenvalue weighted by molar-refractivity contribution is -0.146. The van der Waals surface area contributed by atoms with E-state index in [1.165, 1.54) is 24.3 Å². The van der Waals surface area contributed by atoms with Crippen molar-refractivity contribution in [3.05, 3.63) is 51.8 Å². The Morgan fingerprint density at radius 1 is 1.15 bits per heavy atom. The molecule has 1 aromatic heterocycles. The lowest BCUT2D eigenvalue weighted by Gasteiger charge is -2.22. The van der Waals surface area contributed by atoms with E-state index in [0.29, 0.717) is 22.7 Å². The van der Waals surface area contributed by atoms with Crippen molar-refractivity contribution < 1.29 is 32.3 Å². The second-order valence-corrected chi connectivity index (χ2v) is 9.93. The van der Waals surface area contributed by atoms with Gasteiger partial charge in [0.15, 0.2) is 6.61 Å². The first-order valence-electron chi connectivity index (χ1n) is 10.4. The molecule has 1 fully saturated rings. The fraction of sp³-hybridized carbons (Fsp3) is 0.409. The Labute approximate surface area is 197 Å². The van der Waals surface area contributed by atoms with E-state index >= 15 is 0 Å². The molecule has 1 aliphatic heterocycles. The molecule has 11 heteroatoms. The number of aromatic amines is 1. The number of H-pyrrole nitrogens is 1. The average molecular weight is 497 g/mol. The topological polar surface area (TPSA) is 123 Å². The molecule has 0 amide bonds. The van der Waals surface area contributed by atoms with Crippen LogP contribution in [0.3, 0.4) is 0 Å². The number of aromatic nitrogens is 1. The maximum absolute atomic E-state index is 13.0. The van der Waals surface area contributed by atoms with Crippen LogP contribution in [-0.4, -0.2) is 61.2 Å². The largest absolute Gasteiger partial charge is 0.461 e. The number of aryl methyl sites for hydroxylation is 1. The van der Waals surface area contributed by atoms with Crippen molar-refractivity contribution in [2.24, 2.45) is 0 Å². The van der Waals surface area contributed by atoms with Crippen LogP contribution >= 0.6 is 11.6 Å². The first-order chi connectivity index (χ1) is 15.6. The van der Waals surface area contributed by atoms with Gasteiger partial charge in [-0.3, -0.25) is 9.59 Å². The minimum Gasteiger partial charge on any atom is -0.461 e. The first kappa shape index (κ1) is 24.9. The molecular formula is C22H25ClN2O7S. The Morgan fingerprint density at radius 2 is 1.82 bits per heavy atom. The summed E-state index contributed by atoms with van der Waals surface area (Å²) in [5.74, 6) is -1.88. The number of hydrogen-bond acceptors (Lipinski definition) is 7. The summed E-state index contributed by atoms with van der Waals surface area (Å²) < 4.78 is 37.2. The Kier molecular flexibility index (Phi) is 7.61. The summed E-state index contributed by atoms with van der Waals surface area (Å²) in [5, 5.41) is 0.395. The Hall–Kier alpha value is -2.69. The Balaban J connectivity index is 1.71. The van der Waals surface area contributed by atoms with E-state index < -0.39 is 40.4 Å². The van der Waals surface area contributed by atoms with Crippen molar-refractivity contribution >= 4 is 39.3 Å². The van der Waals surface area contributed by atoms with Crippen LogP contribution in [0, 0.1) is 13.8 Å². The van der Waals surface area contributed by atoms with Crippen molar-refractivity contribution in [2.75, 3.05) is 19.8 Å². The maximum atomic E-state index is 13.0. The van der Waals surface area contributed by atoms with Gasteiger partial charge < -0.3 is 14.5 Å². The quantitative estimate of drug-likeness (QED) is 0.440. The molecule has 9 nitrogen and oxygen atoms in total. The fourth-order valence-electron chi connectivity index (χ4n) is 3.89. The van der Waals surface area contributed by atoms with E-state index in [0.717, 1.165) is 4.31 Å². The van der Waals surface area contributed by atoms with Gasteiger partial charge in [0.25, 0.3) is 0 Å². The zero-order valence-electron chi connectivity index (χ0n) is 18.5. The molecule has 2 heterocycles. The summed E-state index contributed by atoms with van der Waals surface area (Å²) >= 11 is 5.84. The molecule has 178 valence electrons. The molecule has 1 saturated heterocycles. The summed E-state index contributed by atoms with van der Waals surface area (Å²) in [5.41, 5.74) is 1.26. The van der Waals surface area contributed by atoms with E-state index in [4.69, 9.17) is 21.1 Å². The van der Waals surface area contributed by atoms with Crippen LogP contribution in [0.2, 0.25) is 5.02 Å². The molecule has 1 atom stereocenters. The van der Waals surface area contributed by atoms with Gasteiger partial charge in [-0.1, -0.05) is 11.6 Å². The Morgan fingerprint density at radius 3 is 2.45 bits per heavy atom. The number of nitrogens with zero attached hydrogens (tertiary/aromatic N) is 1. The molecule has 3 rings (SSSR count). The molecule has 0 bridgehead atoms. The van der Waals surface area contributed by atoms with E-state index in [2.05, 4.69) is 4.98 Å². The Bertz CT molecular complexity index is 1170. The number of carbonyl (C=O) groups is 3. The van der Waals surface area contributed by atoms with Gasteiger partial charge in [0, 0.05) is 22.8 Å². The highest BCUT2D eigenvalue weighted by atomic mass is 35.5. The highest BCUT2D eigenvalue weighted by Crippen LogP contribution is 2.28. The van der Waals surface area contributed by atoms with Gasteiger partial charge in [0.05, 0.1) is 11.5 Å². The third kappa shape index (κ3) is 5.13. The number of rotatable bonds is 8. The summed E-state index contributed by atoms with van der Waals surface area (Å²) in [6.07, 6.45) is 0.772. The van der Waals surface area contributed by atoms with Crippen LogP contribution < -0.4 is 0 Å². The molecule has 0 aliphatic carbocycles. The molecular weight excluding hydrogens is 472 g/mol. The number of sulfonamides is 1. The molecule has 1 aliphatic rings. The van der Waals surface area contributed by atoms with Gasteiger partial charge in [-0.2, -0.15) is 4.31 Å². The molecule has 0 saturated carbocycles. The summed E-state index contributed by atoms with van der Waals surface area (Å²) in [4.78, 5) is 40.3. The number of benzene rings is 1. The second-order valence-electron chi connectivity index (χ2n) is 7.60. The van der Waals surface area contributed by atoms with Crippen molar-refractivity contribution in [2.45, 2.75) is 44.6 Å². The van der Waals surface area contributed by atoms with Crippen LogP contribution in [0.15, 0.2) is 29.2 Å². The zero-order valence-corrected chi connectivity index (χ0v) is 20.1. The predicted molar refractivity (Wildman–Crippen MR) is 120 cm³/mol. The second kappa shape index (κ2) is 10.1. The van der Waals surface area contributed by atoms with Gasteiger partial charge in [-0.05, 0) is 63.4 Å². The minimum atomic E-state index is -3.93. The van der Waals surface area contributed by atoms with Gasteiger partial charge in [0.1, 0.15) is 11.7 Å². The number of Topliss-reactive ketones (excluding diaryl/α,β-unsaturated/α-hetero) is 1. The number of esters is 2. The van der Waals surface area contributed by atoms with Crippen molar-refractivity contribution in [3.8, 4) is 0 Å². The molecule has 0 unspecified atom stereocenters. The smallest absolute Gasteiger partial charge is 0.355 e. The fourth-order valence-corrected chi connectivity index (χ4v) is 5.66. The van der Waals surface area contributed by atoms with Crippen LogP contribution in [0.4, 0.5) is 0 Å². The third-order valence-electron chi connectivity index (χ3n) is 5.44.